The average Bonchev–Trinajstić information content (AvgIpc) is 2.36. The van der Waals surface area contributed by atoms with E-state index in [0.29, 0.717) is 11.4 Å². The minimum Gasteiger partial charge on any atom is -0.466 e. The number of benzene rings is 2. The number of rotatable bonds is 1. The Hall–Kier alpha value is -2.36. The molecule has 1 aliphatic heterocycles. The minimum atomic E-state index is -0.684. The molecule has 0 fully saturated rings. The molecule has 0 aromatic heterocycles. The van der Waals surface area contributed by atoms with Gasteiger partial charge in [0.1, 0.15) is 11.6 Å². The van der Waals surface area contributed by atoms with Gasteiger partial charge in [0.25, 0.3) is 0 Å². The molecule has 0 bridgehead atoms. The molecule has 0 aliphatic carbocycles. The van der Waals surface area contributed by atoms with Crippen molar-refractivity contribution in [3.8, 4) is 5.75 Å². The number of nitrogen functional groups attached to an aromatic ring is 1. The summed E-state index contributed by atoms with van der Waals surface area (Å²) in [6, 6.07) is 10.2. The summed E-state index contributed by atoms with van der Waals surface area (Å²) >= 11 is 0. The summed E-state index contributed by atoms with van der Waals surface area (Å²) in [7, 11) is 0. The minimum absolute atomic E-state index is 0.249. The van der Waals surface area contributed by atoms with Crippen molar-refractivity contribution in [3.05, 3.63) is 58.9 Å². The predicted molar refractivity (Wildman–Crippen MR) is 82.3 cm³/mol. The van der Waals surface area contributed by atoms with Crippen molar-refractivity contribution in [3.63, 3.8) is 0 Å². The Morgan fingerprint density at radius 1 is 1.10 bits per heavy atom. The van der Waals surface area contributed by atoms with Crippen LogP contribution in [-0.4, -0.2) is 11.4 Å². The molecular formula is C17H17FN2O. The molecule has 0 saturated carbocycles. The van der Waals surface area contributed by atoms with Crippen molar-refractivity contribution in [2.24, 2.45) is 4.99 Å². The molecule has 1 aliphatic rings. The van der Waals surface area contributed by atoms with E-state index in [9.17, 15) is 4.39 Å². The van der Waals surface area contributed by atoms with Gasteiger partial charge in [-0.1, -0.05) is 0 Å². The van der Waals surface area contributed by atoms with Gasteiger partial charge < -0.3 is 10.5 Å². The highest BCUT2D eigenvalue weighted by atomic mass is 19.1. The molecule has 0 amide bonds. The molecular weight excluding hydrogens is 267 g/mol. The molecule has 1 heterocycles. The monoisotopic (exact) mass is 284 g/mol. The van der Waals surface area contributed by atoms with Gasteiger partial charge in [0.2, 0.25) is 0 Å². The maximum Gasteiger partial charge on any atom is 0.195 e. The zero-order valence-electron chi connectivity index (χ0n) is 12.3. The van der Waals surface area contributed by atoms with Gasteiger partial charge in [-0.25, -0.2) is 9.38 Å². The van der Waals surface area contributed by atoms with E-state index in [-0.39, 0.29) is 5.82 Å². The highest BCUT2D eigenvalue weighted by Gasteiger charge is 2.29. The summed E-state index contributed by atoms with van der Waals surface area (Å²) in [5, 5.41) is 0. The smallest absolute Gasteiger partial charge is 0.195 e. The Bertz CT molecular complexity index is 750. The van der Waals surface area contributed by atoms with Crippen LogP contribution in [0.15, 0.2) is 41.4 Å². The number of ether oxygens (including phenoxy) is 1. The Morgan fingerprint density at radius 3 is 2.52 bits per heavy atom. The lowest BCUT2D eigenvalue weighted by atomic mass is 9.95. The summed E-state index contributed by atoms with van der Waals surface area (Å²) in [5.41, 5.74) is 9.21. The Labute approximate surface area is 123 Å². The van der Waals surface area contributed by atoms with Crippen molar-refractivity contribution in [2.45, 2.75) is 26.5 Å². The lowest BCUT2D eigenvalue weighted by molar-refractivity contribution is 0.115. The number of hydrogen-bond acceptors (Lipinski definition) is 3. The molecule has 0 spiro atoms. The molecule has 4 heteroatoms. The quantitative estimate of drug-likeness (QED) is 0.812. The summed E-state index contributed by atoms with van der Waals surface area (Å²) in [6.07, 6.45) is 0. The first-order valence-electron chi connectivity index (χ1n) is 6.81. The molecule has 2 aromatic rings. The Balaban J connectivity index is 2.22. The van der Waals surface area contributed by atoms with Crippen molar-refractivity contribution >= 4 is 11.4 Å². The molecule has 0 saturated heterocycles. The highest BCUT2D eigenvalue weighted by Crippen LogP contribution is 2.34. The fraction of sp³-hybridized carbons (Fsp3) is 0.235. The molecule has 0 atom stereocenters. The largest absolute Gasteiger partial charge is 0.466 e. The van der Waals surface area contributed by atoms with Crippen LogP contribution in [0.25, 0.3) is 0 Å². The van der Waals surface area contributed by atoms with Crippen molar-refractivity contribution in [2.75, 3.05) is 5.73 Å². The van der Waals surface area contributed by atoms with Crippen LogP contribution >= 0.6 is 0 Å². The van der Waals surface area contributed by atoms with Gasteiger partial charge in [-0.05, 0) is 56.7 Å². The van der Waals surface area contributed by atoms with Gasteiger partial charge >= 0.3 is 0 Å². The number of nitrogens with zero attached hydrogens (tertiary/aromatic N) is 1. The van der Waals surface area contributed by atoms with Crippen LogP contribution < -0.4 is 10.5 Å². The first-order valence-corrected chi connectivity index (χ1v) is 6.81. The van der Waals surface area contributed by atoms with E-state index in [1.165, 1.54) is 12.1 Å². The van der Waals surface area contributed by atoms with Crippen LogP contribution in [0, 0.1) is 12.7 Å². The maximum atomic E-state index is 13.3. The molecule has 2 N–H and O–H groups in total. The first-order chi connectivity index (χ1) is 9.85. The van der Waals surface area contributed by atoms with E-state index >= 15 is 0 Å². The molecule has 2 aromatic carbocycles. The SMILES string of the molecule is Cc1cc(F)ccc1C1=NC(C)(C)Oc2cc(N)ccc21. The second-order valence-corrected chi connectivity index (χ2v) is 5.72. The fourth-order valence-corrected chi connectivity index (χ4v) is 2.54. The van der Waals surface area contributed by atoms with Gasteiger partial charge in [0.05, 0.1) is 5.71 Å². The Morgan fingerprint density at radius 2 is 1.81 bits per heavy atom. The van der Waals surface area contributed by atoms with E-state index in [1.54, 1.807) is 12.1 Å². The summed E-state index contributed by atoms with van der Waals surface area (Å²) < 4.78 is 19.2. The molecule has 0 radical (unpaired) electrons. The number of halogens is 1. The van der Waals surface area contributed by atoms with Crippen LogP contribution in [0.2, 0.25) is 0 Å². The third-order valence-corrected chi connectivity index (χ3v) is 3.45. The van der Waals surface area contributed by atoms with E-state index in [0.717, 1.165) is 22.4 Å². The van der Waals surface area contributed by atoms with E-state index in [2.05, 4.69) is 4.99 Å². The predicted octanol–water partition coefficient (Wildman–Crippen LogP) is 3.68. The molecule has 21 heavy (non-hydrogen) atoms. The molecule has 3 nitrogen and oxygen atoms in total. The van der Waals surface area contributed by atoms with Crippen molar-refractivity contribution < 1.29 is 9.13 Å². The van der Waals surface area contributed by atoms with Crippen LogP contribution in [0.5, 0.6) is 5.75 Å². The summed E-state index contributed by atoms with van der Waals surface area (Å²) in [5.74, 6) is 0.453. The van der Waals surface area contributed by atoms with Gasteiger partial charge in [0.15, 0.2) is 5.72 Å². The zero-order chi connectivity index (χ0) is 15.2. The van der Waals surface area contributed by atoms with Gasteiger partial charge in [-0.2, -0.15) is 0 Å². The van der Waals surface area contributed by atoms with Crippen LogP contribution in [0.3, 0.4) is 0 Å². The molecule has 108 valence electrons. The van der Waals surface area contributed by atoms with Gasteiger partial charge in [-0.15, -0.1) is 0 Å². The average molecular weight is 284 g/mol. The second kappa shape index (κ2) is 4.58. The second-order valence-electron chi connectivity index (χ2n) is 5.72. The zero-order valence-corrected chi connectivity index (χ0v) is 12.3. The van der Waals surface area contributed by atoms with E-state index < -0.39 is 5.72 Å². The number of aryl methyl sites for hydroxylation is 1. The molecule has 3 rings (SSSR count). The summed E-state index contributed by atoms with van der Waals surface area (Å²) in [6.45, 7) is 5.65. The lowest BCUT2D eigenvalue weighted by Crippen LogP contribution is -2.32. The van der Waals surface area contributed by atoms with Gasteiger partial charge in [-0.3, -0.25) is 0 Å². The maximum absolute atomic E-state index is 13.3. The lowest BCUT2D eigenvalue weighted by Gasteiger charge is -2.30. The normalized spacial score (nSPS) is 15.9. The Kier molecular flexibility index (Phi) is 2.97. The van der Waals surface area contributed by atoms with E-state index in [4.69, 9.17) is 10.5 Å². The third-order valence-electron chi connectivity index (χ3n) is 3.45. The van der Waals surface area contributed by atoms with Crippen molar-refractivity contribution in [1.82, 2.24) is 0 Å². The molecule has 0 unspecified atom stereocenters. The first kappa shape index (κ1) is 13.6. The summed E-state index contributed by atoms with van der Waals surface area (Å²) in [4.78, 5) is 4.68. The highest BCUT2D eigenvalue weighted by molar-refractivity contribution is 6.16. The number of fused-ring (bicyclic) bond motifs is 1. The number of aliphatic imine (C=N–C) groups is 1. The van der Waals surface area contributed by atoms with Crippen LogP contribution in [-0.2, 0) is 0 Å². The number of anilines is 1. The van der Waals surface area contributed by atoms with Gasteiger partial charge in [0, 0.05) is 22.9 Å². The number of nitrogens with two attached hydrogens (primary N) is 1. The number of hydrogen-bond donors (Lipinski definition) is 1. The van der Waals surface area contributed by atoms with Crippen LogP contribution in [0.1, 0.15) is 30.5 Å². The van der Waals surface area contributed by atoms with E-state index in [1.807, 2.05) is 32.9 Å². The van der Waals surface area contributed by atoms with Crippen LogP contribution in [0.4, 0.5) is 10.1 Å². The standard InChI is InChI=1S/C17H17FN2O/c1-10-8-11(18)4-6-13(10)16-14-7-5-12(19)9-15(14)21-17(2,3)20-16/h4-9H,19H2,1-3H3. The third kappa shape index (κ3) is 2.49. The van der Waals surface area contributed by atoms with Crippen molar-refractivity contribution in [1.29, 1.82) is 0 Å². The topological polar surface area (TPSA) is 47.6 Å². The fourth-order valence-electron chi connectivity index (χ4n) is 2.54.